The molecule has 0 spiro atoms. The zero-order valence-electron chi connectivity index (χ0n) is 11.9. The van der Waals surface area contributed by atoms with Gasteiger partial charge in [0.2, 0.25) is 0 Å². The lowest BCUT2D eigenvalue weighted by molar-refractivity contribution is -0.384. The Morgan fingerprint density at radius 2 is 1.88 bits per heavy atom. The molecule has 0 aliphatic heterocycles. The number of pyridine rings is 1. The zero-order valence-corrected chi connectivity index (χ0v) is 13.4. The largest absolute Gasteiger partial charge is 0.416 e. The van der Waals surface area contributed by atoms with Crippen LogP contribution in [-0.4, -0.2) is 15.8 Å². The standard InChI is InChI=1S/C13H7Cl2F3N4O3/c14-7-2-4-10(15)19-11(7)12(23)21-20-8-3-1-6(13(16,17)18)5-9(8)22(24)25/h1-5,20H,(H,21,23). The summed E-state index contributed by atoms with van der Waals surface area (Å²) >= 11 is 11.4. The van der Waals surface area contributed by atoms with Gasteiger partial charge in [0.1, 0.15) is 16.5 Å². The second kappa shape index (κ2) is 7.11. The first-order valence-electron chi connectivity index (χ1n) is 6.33. The maximum atomic E-state index is 12.6. The van der Waals surface area contributed by atoms with Gasteiger partial charge in [0.15, 0.2) is 0 Å². The Morgan fingerprint density at radius 1 is 1.20 bits per heavy atom. The third kappa shape index (κ3) is 4.48. The van der Waals surface area contributed by atoms with Gasteiger partial charge < -0.3 is 0 Å². The van der Waals surface area contributed by atoms with Crippen molar-refractivity contribution >= 4 is 40.5 Å². The van der Waals surface area contributed by atoms with Gasteiger partial charge >= 0.3 is 6.18 Å². The molecule has 7 nitrogen and oxygen atoms in total. The molecule has 1 heterocycles. The average molecular weight is 395 g/mol. The van der Waals surface area contributed by atoms with Crippen LogP contribution in [0, 0.1) is 10.1 Å². The number of amides is 1. The van der Waals surface area contributed by atoms with Crippen LogP contribution < -0.4 is 10.9 Å². The molecule has 2 N–H and O–H groups in total. The Balaban J connectivity index is 2.24. The Labute approximate surface area is 147 Å². The molecular formula is C13H7Cl2F3N4O3. The number of carbonyl (C=O) groups is 1. The van der Waals surface area contributed by atoms with Crippen molar-refractivity contribution in [1.29, 1.82) is 0 Å². The van der Waals surface area contributed by atoms with E-state index < -0.39 is 28.3 Å². The summed E-state index contributed by atoms with van der Waals surface area (Å²) in [5, 5.41) is 10.9. The minimum absolute atomic E-state index is 0.0185. The van der Waals surface area contributed by atoms with E-state index in [1.54, 1.807) is 0 Å². The summed E-state index contributed by atoms with van der Waals surface area (Å²) in [6.07, 6.45) is -4.75. The molecule has 0 fully saturated rings. The number of nitrogens with zero attached hydrogens (tertiary/aromatic N) is 2. The number of carbonyl (C=O) groups excluding carboxylic acids is 1. The number of hydrazine groups is 1. The Hall–Kier alpha value is -2.59. The fourth-order valence-corrected chi connectivity index (χ4v) is 2.06. The number of hydrogen-bond donors (Lipinski definition) is 2. The smallest absolute Gasteiger partial charge is 0.292 e. The number of halogens is 5. The quantitative estimate of drug-likeness (QED) is 0.462. The van der Waals surface area contributed by atoms with E-state index in [0.717, 1.165) is 6.07 Å². The minimum Gasteiger partial charge on any atom is -0.292 e. The van der Waals surface area contributed by atoms with E-state index in [-0.39, 0.29) is 21.6 Å². The van der Waals surface area contributed by atoms with Gasteiger partial charge in [0.05, 0.1) is 15.5 Å². The van der Waals surface area contributed by atoms with E-state index in [0.29, 0.717) is 12.1 Å². The molecule has 2 rings (SSSR count). The van der Waals surface area contributed by atoms with Gasteiger partial charge in [-0.2, -0.15) is 13.2 Å². The third-order valence-electron chi connectivity index (χ3n) is 2.86. The molecule has 0 saturated carbocycles. The molecule has 1 aromatic carbocycles. The van der Waals surface area contributed by atoms with Crippen molar-refractivity contribution in [2.45, 2.75) is 6.18 Å². The van der Waals surface area contributed by atoms with Gasteiger partial charge in [0.25, 0.3) is 11.6 Å². The summed E-state index contributed by atoms with van der Waals surface area (Å²) in [6, 6.07) is 4.45. The van der Waals surface area contributed by atoms with Gasteiger partial charge in [-0.3, -0.25) is 25.8 Å². The van der Waals surface area contributed by atoms with Crippen molar-refractivity contribution in [3.05, 3.63) is 61.9 Å². The number of anilines is 1. The molecule has 0 aliphatic carbocycles. The van der Waals surface area contributed by atoms with Gasteiger partial charge in [-0.25, -0.2) is 4.98 Å². The van der Waals surface area contributed by atoms with Crippen molar-refractivity contribution in [3.63, 3.8) is 0 Å². The Kier molecular flexibility index (Phi) is 5.33. The summed E-state index contributed by atoms with van der Waals surface area (Å²) in [7, 11) is 0. The number of alkyl halides is 3. The number of rotatable bonds is 4. The highest BCUT2D eigenvalue weighted by molar-refractivity contribution is 6.34. The number of nitrogens with one attached hydrogen (secondary N) is 2. The number of nitro groups is 1. The zero-order chi connectivity index (χ0) is 18.8. The molecule has 0 atom stereocenters. The van der Waals surface area contributed by atoms with E-state index in [9.17, 15) is 28.1 Å². The molecule has 0 bridgehead atoms. The lowest BCUT2D eigenvalue weighted by atomic mass is 10.1. The van der Waals surface area contributed by atoms with E-state index in [1.807, 2.05) is 0 Å². The van der Waals surface area contributed by atoms with Crippen molar-refractivity contribution in [2.75, 3.05) is 5.43 Å². The van der Waals surface area contributed by atoms with E-state index in [4.69, 9.17) is 23.2 Å². The van der Waals surface area contributed by atoms with Crippen molar-refractivity contribution in [3.8, 4) is 0 Å². The summed E-state index contributed by atoms with van der Waals surface area (Å²) in [4.78, 5) is 25.6. The molecule has 0 radical (unpaired) electrons. The molecule has 0 saturated heterocycles. The number of nitro benzene ring substituents is 1. The number of aromatic nitrogens is 1. The molecule has 12 heteroatoms. The second-order valence-electron chi connectivity index (χ2n) is 4.53. The summed E-state index contributed by atoms with van der Waals surface area (Å²) in [5.41, 5.74) is 1.53. The normalized spacial score (nSPS) is 11.1. The Morgan fingerprint density at radius 3 is 2.48 bits per heavy atom. The first-order valence-corrected chi connectivity index (χ1v) is 7.09. The van der Waals surface area contributed by atoms with Gasteiger partial charge in [0, 0.05) is 6.07 Å². The van der Waals surface area contributed by atoms with Crippen LogP contribution >= 0.6 is 23.2 Å². The monoisotopic (exact) mass is 394 g/mol. The van der Waals surface area contributed by atoms with Crippen molar-refractivity contribution in [2.24, 2.45) is 0 Å². The predicted octanol–water partition coefficient (Wildman–Crippen LogP) is 4.07. The van der Waals surface area contributed by atoms with Crippen LogP contribution in [0.3, 0.4) is 0 Å². The van der Waals surface area contributed by atoms with Crippen LogP contribution in [0.2, 0.25) is 10.2 Å². The summed E-state index contributed by atoms with van der Waals surface area (Å²) in [6.45, 7) is 0. The van der Waals surface area contributed by atoms with Gasteiger partial charge in [-0.05, 0) is 24.3 Å². The highest BCUT2D eigenvalue weighted by atomic mass is 35.5. The summed E-state index contributed by atoms with van der Waals surface area (Å²) < 4.78 is 37.9. The maximum Gasteiger partial charge on any atom is 0.416 e. The molecule has 1 amide bonds. The molecule has 0 unspecified atom stereocenters. The minimum atomic E-state index is -4.75. The van der Waals surface area contributed by atoms with E-state index in [1.165, 1.54) is 12.1 Å². The third-order valence-corrected chi connectivity index (χ3v) is 3.38. The van der Waals surface area contributed by atoms with Crippen LogP contribution in [0.15, 0.2) is 30.3 Å². The average Bonchev–Trinajstić information content (AvgIpc) is 2.53. The van der Waals surface area contributed by atoms with Crippen molar-refractivity contribution in [1.82, 2.24) is 10.4 Å². The number of benzene rings is 1. The van der Waals surface area contributed by atoms with Gasteiger partial charge in [-0.1, -0.05) is 23.2 Å². The molecule has 2 aromatic rings. The van der Waals surface area contributed by atoms with Crippen LogP contribution in [0.25, 0.3) is 0 Å². The van der Waals surface area contributed by atoms with Crippen LogP contribution in [-0.2, 0) is 6.18 Å². The predicted molar refractivity (Wildman–Crippen MR) is 83.4 cm³/mol. The van der Waals surface area contributed by atoms with Crippen LogP contribution in [0.4, 0.5) is 24.5 Å². The molecular weight excluding hydrogens is 388 g/mol. The molecule has 25 heavy (non-hydrogen) atoms. The Bertz CT molecular complexity index is 846. The number of hydrogen-bond acceptors (Lipinski definition) is 5. The second-order valence-corrected chi connectivity index (χ2v) is 5.32. The molecule has 1 aromatic heterocycles. The topological polar surface area (TPSA) is 97.2 Å². The lowest BCUT2D eigenvalue weighted by Gasteiger charge is -2.11. The molecule has 132 valence electrons. The highest BCUT2D eigenvalue weighted by Gasteiger charge is 2.33. The highest BCUT2D eigenvalue weighted by Crippen LogP contribution is 2.34. The molecule has 0 aliphatic rings. The van der Waals surface area contributed by atoms with E-state index in [2.05, 4.69) is 15.8 Å². The van der Waals surface area contributed by atoms with Crippen LogP contribution in [0.5, 0.6) is 0 Å². The fourth-order valence-electron chi connectivity index (χ4n) is 1.73. The summed E-state index contributed by atoms with van der Waals surface area (Å²) in [5.74, 6) is -0.887. The van der Waals surface area contributed by atoms with Crippen molar-refractivity contribution < 1.29 is 22.9 Å². The van der Waals surface area contributed by atoms with E-state index >= 15 is 0 Å². The fraction of sp³-hybridized carbons (Fsp3) is 0.0769. The van der Waals surface area contributed by atoms with Gasteiger partial charge in [-0.15, -0.1) is 0 Å². The SMILES string of the molecule is O=C(NNc1ccc(C(F)(F)F)cc1[N+](=O)[O-])c1nc(Cl)ccc1Cl. The first-order chi connectivity index (χ1) is 11.6. The lowest BCUT2D eigenvalue weighted by Crippen LogP contribution is -2.30. The first kappa shape index (κ1) is 18.7. The maximum absolute atomic E-state index is 12.6. The van der Waals surface area contributed by atoms with Crippen LogP contribution in [0.1, 0.15) is 16.1 Å².